The van der Waals surface area contributed by atoms with E-state index >= 15 is 0 Å². The molecule has 2 rings (SSSR count). The molecule has 1 aromatic rings. The van der Waals surface area contributed by atoms with Crippen LogP contribution in [0.5, 0.6) is 0 Å². The molecule has 3 N–H and O–H groups in total. The molecule has 22 heavy (non-hydrogen) atoms. The molecule has 1 atom stereocenters. The Morgan fingerprint density at radius 1 is 1.23 bits per heavy atom. The average Bonchev–Trinajstić information content (AvgIpc) is 2.99. The van der Waals surface area contributed by atoms with E-state index in [0.717, 1.165) is 18.7 Å². The van der Waals surface area contributed by atoms with E-state index in [4.69, 9.17) is 4.74 Å². The summed E-state index contributed by atoms with van der Waals surface area (Å²) in [4.78, 5) is 23.9. The SMILES string of the molecule is CCC(=O)Nc1ccc(NC(=O)C2(COC)CCNC2)cc1. The lowest BCUT2D eigenvalue weighted by atomic mass is 9.87. The van der Waals surface area contributed by atoms with E-state index in [2.05, 4.69) is 16.0 Å². The van der Waals surface area contributed by atoms with E-state index in [-0.39, 0.29) is 11.8 Å². The first-order valence-electron chi connectivity index (χ1n) is 7.50. The van der Waals surface area contributed by atoms with Gasteiger partial charge in [-0.25, -0.2) is 0 Å². The zero-order valence-corrected chi connectivity index (χ0v) is 13.1. The highest BCUT2D eigenvalue weighted by molar-refractivity contribution is 5.96. The second-order valence-electron chi connectivity index (χ2n) is 5.57. The van der Waals surface area contributed by atoms with Crippen molar-refractivity contribution in [1.82, 2.24) is 5.32 Å². The summed E-state index contributed by atoms with van der Waals surface area (Å²) < 4.78 is 5.21. The molecule has 1 aromatic carbocycles. The molecule has 2 amide bonds. The van der Waals surface area contributed by atoms with Crippen LogP contribution < -0.4 is 16.0 Å². The van der Waals surface area contributed by atoms with Crippen LogP contribution in [0.25, 0.3) is 0 Å². The monoisotopic (exact) mass is 305 g/mol. The van der Waals surface area contributed by atoms with Crippen molar-refractivity contribution < 1.29 is 14.3 Å². The molecule has 0 aliphatic carbocycles. The summed E-state index contributed by atoms with van der Waals surface area (Å²) in [5.74, 6) is -0.0717. The summed E-state index contributed by atoms with van der Waals surface area (Å²) in [6.45, 7) is 3.64. The van der Waals surface area contributed by atoms with E-state index in [0.29, 0.717) is 25.3 Å². The second-order valence-corrected chi connectivity index (χ2v) is 5.57. The normalized spacial score (nSPS) is 20.6. The van der Waals surface area contributed by atoms with Crippen molar-refractivity contribution in [3.05, 3.63) is 24.3 Å². The summed E-state index contributed by atoms with van der Waals surface area (Å²) in [5.41, 5.74) is 0.921. The summed E-state index contributed by atoms with van der Waals surface area (Å²) in [6, 6.07) is 7.12. The van der Waals surface area contributed by atoms with Gasteiger partial charge in [0.15, 0.2) is 0 Å². The molecule has 1 heterocycles. The van der Waals surface area contributed by atoms with Crippen molar-refractivity contribution in [2.75, 3.05) is 37.4 Å². The molecule has 6 nitrogen and oxygen atoms in total. The summed E-state index contributed by atoms with van der Waals surface area (Å²) in [5, 5.41) is 8.92. The Kier molecular flexibility index (Phi) is 5.51. The number of hydrogen-bond donors (Lipinski definition) is 3. The van der Waals surface area contributed by atoms with Gasteiger partial charge in [-0.3, -0.25) is 9.59 Å². The fourth-order valence-electron chi connectivity index (χ4n) is 2.55. The van der Waals surface area contributed by atoms with Crippen molar-refractivity contribution >= 4 is 23.2 Å². The third kappa shape index (κ3) is 3.84. The van der Waals surface area contributed by atoms with E-state index in [1.165, 1.54) is 0 Å². The third-order valence-corrected chi connectivity index (χ3v) is 3.89. The van der Waals surface area contributed by atoms with E-state index in [1.807, 2.05) is 0 Å². The van der Waals surface area contributed by atoms with Crippen molar-refractivity contribution in [3.8, 4) is 0 Å². The van der Waals surface area contributed by atoms with Gasteiger partial charge in [0, 0.05) is 31.5 Å². The zero-order chi connectivity index (χ0) is 16.0. The van der Waals surface area contributed by atoms with Crippen LogP contribution in [0.4, 0.5) is 11.4 Å². The standard InChI is InChI=1S/C16H23N3O3/c1-3-14(20)18-12-4-6-13(7-5-12)19-15(21)16(11-22-2)8-9-17-10-16/h4-7,17H,3,8-11H2,1-2H3,(H,18,20)(H,19,21). The lowest BCUT2D eigenvalue weighted by molar-refractivity contribution is -0.127. The van der Waals surface area contributed by atoms with Gasteiger partial charge in [0.1, 0.15) is 0 Å². The predicted octanol–water partition coefficient (Wildman–Crippen LogP) is 1.60. The fourth-order valence-corrected chi connectivity index (χ4v) is 2.55. The fraction of sp³-hybridized carbons (Fsp3) is 0.500. The molecule has 0 aromatic heterocycles. The quantitative estimate of drug-likeness (QED) is 0.746. The minimum atomic E-state index is -0.510. The van der Waals surface area contributed by atoms with Crippen LogP contribution in [0.3, 0.4) is 0 Å². The first-order chi connectivity index (χ1) is 10.6. The summed E-state index contributed by atoms with van der Waals surface area (Å²) >= 11 is 0. The molecule has 0 bridgehead atoms. The van der Waals surface area contributed by atoms with Gasteiger partial charge in [-0.05, 0) is 37.2 Å². The molecule has 1 unspecified atom stereocenters. The van der Waals surface area contributed by atoms with Crippen molar-refractivity contribution in [2.24, 2.45) is 5.41 Å². The highest BCUT2D eigenvalue weighted by Crippen LogP contribution is 2.28. The van der Waals surface area contributed by atoms with Crippen molar-refractivity contribution in [2.45, 2.75) is 19.8 Å². The number of rotatable bonds is 6. The summed E-state index contributed by atoms with van der Waals surface area (Å²) in [7, 11) is 1.61. The van der Waals surface area contributed by atoms with E-state index in [1.54, 1.807) is 38.3 Å². The van der Waals surface area contributed by atoms with Crippen LogP contribution in [-0.2, 0) is 14.3 Å². The van der Waals surface area contributed by atoms with Gasteiger partial charge in [0.2, 0.25) is 11.8 Å². The number of nitrogens with one attached hydrogen (secondary N) is 3. The van der Waals surface area contributed by atoms with Crippen LogP contribution in [-0.4, -0.2) is 38.6 Å². The number of carbonyl (C=O) groups excluding carboxylic acids is 2. The van der Waals surface area contributed by atoms with Crippen molar-refractivity contribution in [1.29, 1.82) is 0 Å². The topological polar surface area (TPSA) is 79.5 Å². The number of carbonyl (C=O) groups is 2. The Morgan fingerprint density at radius 3 is 2.36 bits per heavy atom. The number of anilines is 2. The average molecular weight is 305 g/mol. The number of ether oxygens (including phenoxy) is 1. The van der Waals surface area contributed by atoms with E-state index < -0.39 is 5.41 Å². The predicted molar refractivity (Wildman–Crippen MR) is 85.8 cm³/mol. The Morgan fingerprint density at radius 2 is 1.86 bits per heavy atom. The molecule has 1 fully saturated rings. The van der Waals surface area contributed by atoms with Gasteiger partial charge in [-0.15, -0.1) is 0 Å². The maximum atomic E-state index is 12.5. The number of benzene rings is 1. The van der Waals surface area contributed by atoms with Crippen LogP contribution >= 0.6 is 0 Å². The van der Waals surface area contributed by atoms with Crippen molar-refractivity contribution in [3.63, 3.8) is 0 Å². The second kappa shape index (κ2) is 7.38. The van der Waals surface area contributed by atoms with Gasteiger partial charge in [-0.1, -0.05) is 6.92 Å². The molecule has 6 heteroatoms. The Hall–Kier alpha value is -1.92. The molecular weight excluding hydrogens is 282 g/mol. The van der Waals surface area contributed by atoms with Crippen LogP contribution in [0.1, 0.15) is 19.8 Å². The first-order valence-corrected chi connectivity index (χ1v) is 7.50. The lowest BCUT2D eigenvalue weighted by Crippen LogP contribution is -2.41. The van der Waals surface area contributed by atoms with Gasteiger partial charge in [-0.2, -0.15) is 0 Å². The van der Waals surface area contributed by atoms with Crippen LogP contribution in [0.2, 0.25) is 0 Å². The Balaban J connectivity index is 2.00. The molecule has 1 saturated heterocycles. The maximum absolute atomic E-state index is 12.5. The molecule has 0 saturated carbocycles. The maximum Gasteiger partial charge on any atom is 0.234 e. The Labute approximate surface area is 130 Å². The number of methoxy groups -OCH3 is 1. The minimum absolute atomic E-state index is 0.0344. The molecular formula is C16H23N3O3. The van der Waals surface area contributed by atoms with Gasteiger partial charge >= 0.3 is 0 Å². The molecule has 0 spiro atoms. The highest BCUT2D eigenvalue weighted by atomic mass is 16.5. The minimum Gasteiger partial charge on any atom is -0.384 e. The lowest BCUT2D eigenvalue weighted by Gasteiger charge is -2.26. The van der Waals surface area contributed by atoms with Gasteiger partial charge < -0.3 is 20.7 Å². The number of amides is 2. The summed E-state index contributed by atoms with van der Waals surface area (Å²) in [6.07, 6.45) is 1.20. The third-order valence-electron chi connectivity index (χ3n) is 3.89. The van der Waals surface area contributed by atoms with Crippen LogP contribution in [0.15, 0.2) is 24.3 Å². The van der Waals surface area contributed by atoms with Gasteiger partial charge in [0.25, 0.3) is 0 Å². The smallest absolute Gasteiger partial charge is 0.234 e. The van der Waals surface area contributed by atoms with Gasteiger partial charge in [0.05, 0.1) is 12.0 Å². The molecule has 1 aliphatic rings. The molecule has 1 aliphatic heterocycles. The number of hydrogen-bond acceptors (Lipinski definition) is 4. The molecule has 120 valence electrons. The first kappa shape index (κ1) is 16.5. The highest BCUT2D eigenvalue weighted by Gasteiger charge is 2.41. The Bertz CT molecular complexity index is 522. The van der Waals surface area contributed by atoms with E-state index in [9.17, 15) is 9.59 Å². The molecule has 0 radical (unpaired) electrons. The zero-order valence-electron chi connectivity index (χ0n) is 13.1. The van der Waals surface area contributed by atoms with Crippen LogP contribution in [0, 0.1) is 5.41 Å². The largest absolute Gasteiger partial charge is 0.384 e.